The summed E-state index contributed by atoms with van der Waals surface area (Å²) in [5.74, 6) is 0.599. The first-order valence-corrected chi connectivity index (χ1v) is 6.67. The van der Waals surface area contributed by atoms with E-state index in [1.807, 2.05) is 24.3 Å². The van der Waals surface area contributed by atoms with Gasteiger partial charge >= 0.3 is 0 Å². The molecule has 0 fully saturated rings. The Hall–Kier alpha value is -1.90. The molecule has 3 aromatic rings. The maximum atomic E-state index is 6.13. The summed E-state index contributed by atoms with van der Waals surface area (Å²) in [6, 6.07) is 7.58. The van der Waals surface area contributed by atoms with E-state index in [0.29, 0.717) is 17.1 Å². The van der Waals surface area contributed by atoms with E-state index in [4.69, 9.17) is 39.2 Å². The Labute approximate surface area is 136 Å². The van der Waals surface area contributed by atoms with Crippen molar-refractivity contribution >= 4 is 77.4 Å². The number of aromatic nitrogens is 2. The first-order valence-electron chi connectivity index (χ1n) is 6.67. The van der Waals surface area contributed by atoms with E-state index in [2.05, 4.69) is 9.97 Å². The molecule has 1 aromatic heterocycles. The quantitative estimate of drug-likeness (QED) is 0.459. The van der Waals surface area contributed by atoms with E-state index in [0.717, 1.165) is 10.9 Å². The number of benzene rings is 2. The van der Waals surface area contributed by atoms with Crippen LogP contribution in [0.2, 0.25) is 0 Å². The van der Waals surface area contributed by atoms with Crippen molar-refractivity contribution < 1.29 is 0 Å². The lowest BCUT2D eigenvalue weighted by Gasteiger charge is -2.21. The molecule has 10 radical (unpaired) electrons. The van der Waals surface area contributed by atoms with Gasteiger partial charge in [-0.2, -0.15) is 0 Å². The molecule has 3 rings (SSSR count). The van der Waals surface area contributed by atoms with Crippen LogP contribution in [0.4, 0.5) is 0 Å². The van der Waals surface area contributed by atoms with Crippen LogP contribution < -0.4 is 27.3 Å². The molecule has 0 spiro atoms. The van der Waals surface area contributed by atoms with Crippen molar-refractivity contribution in [2.75, 3.05) is 0 Å². The molecule has 2 aromatic carbocycles. The maximum absolute atomic E-state index is 6.13. The number of rotatable bonds is 1. The average molecular weight is 269 g/mol. The molecule has 0 atom stereocenters. The molecule has 2 nitrogen and oxygen atoms in total. The van der Waals surface area contributed by atoms with Gasteiger partial charge in [-0.1, -0.05) is 29.1 Å². The fraction of sp³-hybridized carbons (Fsp3) is 0.0667. The van der Waals surface area contributed by atoms with Crippen molar-refractivity contribution in [2.24, 2.45) is 0 Å². The molecule has 0 aliphatic carbocycles. The zero-order valence-corrected chi connectivity index (χ0v) is 12.1. The predicted octanol–water partition coefficient (Wildman–Crippen LogP) is -2.43. The SMILES string of the molecule is [B]c1c([B])c([B])c(-c2nc(C)nc3ccccc23)c([B])c1[B]. The maximum Gasteiger partial charge on any atom is 0.126 e. The summed E-state index contributed by atoms with van der Waals surface area (Å²) in [6.07, 6.45) is 0. The second-order valence-corrected chi connectivity index (χ2v) is 5.08. The number of hydrogen-bond acceptors (Lipinski definition) is 2. The van der Waals surface area contributed by atoms with E-state index >= 15 is 0 Å². The second-order valence-electron chi connectivity index (χ2n) is 5.08. The Bertz CT molecular complexity index is 879. The lowest BCUT2D eigenvalue weighted by molar-refractivity contribution is 1.10. The smallest absolute Gasteiger partial charge is 0.126 e. The first-order chi connectivity index (χ1) is 10.4. The normalized spacial score (nSPS) is 11.0. The van der Waals surface area contributed by atoms with Crippen molar-refractivity contribution in [2.45, 2.75) is 6.92 Å². The van der Waals surface area contributed by atoms with Gasteiger partial charge in [0.25, 0.3) is 0 Å². The summed E-state index contributed by atoms with van der Waals surface area (Å²) >= 11 is 0. The first kappa shape index (κ1) is 15.0. The summed E-state index contributed by atoms with van der Waals surface area (Å²) < 4.78 is 0. The summed E-state index contributed by atoms with van der Waals surface area (Å²) in [7, 11) is 30.0. The molecule has 7 heteroatoms. The lowest BCUT2D eigenvalue weighted by atomic mass is 9.60. The highest BCUT2D eigenvalue weighted by Gasteiger charge is 2.16. The molecule has 0 saturated heterocycles. The van der Waals surface area contributed by atoms with Crippen molar-refractivity contribution in [3.05, 3.63) is 30.1 Å². The molecule has 0 amide bonds. The summed E-state index contributed by atoms with van der Waals surface area (Å²) in [5, 5.41) is 0.815. The molecule has 92 valence electrons. The van der Waals surface area contributed by atoms with Crippen LogP contribution in [0, 0.1) is 6.92 Å². The molecule has 22 heavy (non-hydrogen) atoms. The van der Waals surface area contributed by atoms with Gasteiger partial charge in [-0.3, -0.25) is 0 Å². The third kappa shape index (κ3) is 2.20. The van der Waals surface area contributed by atoms with Crippen LogP contribution in [0.3, 0.4) is 0 Å². The van der Waals surface area contributed by atoms with Crippen molar-refractivity contribution in [1.82, 2.24) is 9.97 Å². The van der Waals surface area contributed by atoms with Gasteiger partial charge in [0.15, 0.2) is 0 Å². The van der Waals surface area contributed by atoms with Crippen LogP contribution in [0.5, 0.6) is 0 Å². The Kier molecular flexibility index (Phi) is 3.68. The largest absolute Gasteiger partial charge is 0.233 e. The minimum atomic E-state index is 0.189. The summed E-state index contributed by atoms with van der Waals surface area (Å²) in [4.78, 5) is 8.89. The second kappa shape index (κ2) is 5.38. The minimum absolute atomic E-state index is 0.189. The van der Waals surface area contributed by atoms with Crippen LogP contribution in [0.15, 0.2) is 24.3 Å². The molecular weight excluding hydrogens is 262 g/mol. The highest BCUT2D eigenvalue weighted by Crippen LogP contribution is 2.22. The Balaban J connectivity index is 2.48. The molecule has 0 bridgehead atoms. The summed E-state index contributed by atoms with van der Waals surface area (Å²) in [5.41, 5.74) is 3.03. The predicted molar refractivity (Wildman–Crippen MR) is 96.7 cm³/mol. The van der Waals surface area contributed by atoms with Gasteiger partial charge in [-0.05, 0) is 18.6 Å². The van der Waals surface area contributed by atoms with Gasteiger partial charge < -0.3 is 0 Å². The zero-order chi connectivity index (χ0) is 16.0. The van der Waals surface area contributed by atoms with Gasteiger partial charge in [0.05, 0.1) is 11.2 Å². The Morgan fingerprint density at radius 3 is 1.91 bits per heavy atom. The van der Waals surface area contributed by atoms with E-state index < -0.39 is 0 Å². The Morgan fingerprint density at radius 2 is 1.27 bits per heavy atom. The molecular formula is C15H7B5N2. The fourth-order valence-electron chi connectivity index (χ4n) is 2.49. The van der Waals surface area contributed by atoms with Gasteiger partial charge in [0.2, 0.25) is 0 Å². The topological polar surface area (TPSA) is 25.8 Å². The molecule has 0 saturated carbocycles. The standard InChI is InChI=1S/C15H7B5N2/c1-6-21-8-5-3-2-4-7(8)15(22-6)9-10(16)12(18)14(20)13(19)11(9)17/h2-5H,1H3. The third-order valence-electron chi connectivity index (χ3n) is 3.65. The fourth-order valence-corrected chi connectivity index (χ4v) is 2.49. The minimum Gasteiger partial charge on any atom is -0.233 e. The third-order valence-corrected chi connectivity index (χ3v) is 3.65. The van der Waals surface area contributed by atoms with Gasteiger partial charge in [0, 0.05) is 5.39 Å². The highest BCUT2D eigenvalue weighted by atomic mass is 14.9. The molecule has 1 heterocycles. The van der Waals surface area contributed by atoms with Crippen LogP contribution in [0.25, 0.3) is 22.2 Å². The highest BCUT2D eigenvalue weighted by molar-refractivity contribution is 6.68. The van der Waals surface area contributed by atoms with E-state index in [1.165, 1.54) is 0 Å². The number of fused-ring (bicyclic) bond motifs is 1. The number of hydrogen-bond donors (Lipinski definition) is 0. The number of nitrogens with zero attached hydrogens (tertiary/aromatic N) is 2. The van der Waals surface area contributed by atoms with E-state index in [1.54, 1.807) is 6.92 Å². The molecule has 0 unspecified atom stereocenters. The average Bonchev–Trinajstić information content (AvgIpc) is 2.51. The van der Waals surface area contributed by atoms with Crippen molar-refractivity contribution in [3.8, 4) is 11.3 Å². The van der Waals surface area contributed by atoms with E-state index in [-0.39, 0.29) is 27.3 Å². The van der Waals surface area contributed by atoms with Crippen molar-refractivity contribution in [1.29, 1.82) is 0 Å². The van der Waals surface area contributed by atoms with Gasteiger partial charge in [0.1, 0.15) is 45.1 Å². The molecule has 0 N–H and O–H groups in total. The van der Waals surface area contributed by atoms with Crippen LogP contribution in [-0.4, -0.2) is 49.2 Å². The Morgan fingerprint density at radius 1 is 0.727 bits per heavy atom. The summed E-state index contributed by atoms with van der Waals surface area (Å²) in [6.45, 7) is 1.80. The van der Waals surface area contributed by atoms with Crippen LogP contribution in [-0.2, 0) is 0 Å². The zero-order valence-electron chi connectivity index (χ0n) is 12.1. The number of aryl methyl sites for hydroxylation is 1. The van der Waals surface area contributed by atoms with Crippen LogP contribution in [0.1, 0.15) is 5.82 Å². The van der Waals surface area contributed by atoms with Gasteiger partial charge in [-0.15, -0.1) is 16.4 Å². The van der Waals surface area contributed by atoms with Gasteiger partial charge in [-0.25, -0.2) is 9.97 Å². The van der Waals surface area contributed by atoms with Crippen LogP contribution >= 0.6 is 0 Å². The molecule has 0 aliphatic rings. The lowest BCUT2D eigenvalue weighted by Crippen LogP contribution is -2.55. The monoisotopic (exact) mass is 270 g/mol. The molecule has 0 aliphatic heterocycles. The number of para-hydroxylation sites is 1. The van der Waals surface area contributed by atoms with E-state index in [9.17, 15) is 0 Å². The van der Waals surface area contributed by atoms with Crippen molar-refractivity contribution in [3.63, 3.8) is 0 Å².